The molecule has 0 rings (SSSR count). The first-order valence-corrected chi connectivity index (χ1v) is 17.8. The predicted molar refractivity (Wildman–Crippen MR) is 99.6 cm³/mol. The van der Waals surface area contributed by atoms with Gasteiger partial charge in [-0.25, -0.2) is 4.79 Å². The summed E-state index contributed by atoms with van der Waals surface area (Å²) in [5, 5.41) is 0. The van der Waals surface area contributed by atoms with E-state index in [4.69, 9.17) is 17.1 Å². The van der Waals surface area contributed by atoms with Crippen LogP contribution in [0.5, 0.6) is 0 Å². The lowest BCUT2D eigenvalue weighted by Crippen LogP contribution is -2.53. The first-order chi connectivity index (χ1) is 9.70. The number of carbonyl (C=O) groups excluding carboxylic acids is 1. The molecule has 0 aromatic heterocycles. The number of hydrogen-bond acceptors (Lipinski definition) is 5. The maximum Gasteiger partial charge on any atom is 1.00 e. The third-order valence-electron chi connectivity index (χ3n) is 2.28. The zero-order chi connectivity index (χ0) is 16.5. The van der Waals surface area contributed by atoms with Crippen molar-refractivity contribution in [2.45, 2.75) is 51.7 Å². The Morgan fingerprint density at radius 1 is 1.05 bits per heavy atom. The molecule has 21 heavy (non-hydrogen) atoms. The number of ether oxygens (including phenoxy) is 1. The van der Waals surface area contributed by atoms with E-state index in [1.807, 2.05) is 0 Å². The van der Waals surface area contributed by atoms with Gasteiger partial charge in [0.15, 0.2) is 27.1 Å². The smallest absolute Gasteiger partial charge is 0.463 e. The van der Waals surface area contributed by atoms with Crippen LogP contribution in [0.4, 0.5) is 0 Å². The summed E-state index contributed by atoms with van der Waals surface area (Å²) in [7, 11) is -6.37. The fraction of sp³-hybridized carbons (Fsp3) is 0.750. The van der Waals surface area contributed by atoms with Crippen molar-refractivity contribution in [1.82, 2.24) is 0 Å². The predicted octanol–water partition coefficient (Wildman–Crippen LogP) is 2.38. The molecule has 0 unspecified atom stereocenters. The van der Waals surface area contributed by atoms with Gasteiger partial charge in [0.25, 0.3) is 0 Å². The summed E-state index contributed by atoms with van der Waals surface area (Å²) < 4.78 is 23.7. The summed E-state index contributed by atoms with van der Waals surface area (Å²) in [4.78, 5) is 11.1. The monoisotopic (exact) mass is 369 g/mol. The normalized spacial score (nSPS) is 12.2. The molecule has 124 valence electrons. The molecule has 0 bridgehead atoms. The van der Waals surface area contributed by atoms with Gasteiger partial charge in [-0.15, -0.1) is 0 Å². The highest BCUT2D eigenvalue weighted by Crippen LogP contribution is 2.21. The van der Waals surface area contributed by atoms with Crippen LogP contribution in [0.3, 0.4) is 0 Å². The number of esters is 1. The molecular weight excluding hydrogens is 336 g/mol. The minimum atomic E-state index is -2.60. The Bertz CT molecular complexity index is 309. The van der Waals surface area contributed by atoms with Crippen molar-refractivity contribution in [3.63, 3.8) is 0 Å². The van der Waals surface area contributed by atoms with Gasteiger partial charge in [-0.2, -0.15) is 0 Å². The summed E-state index contributed by atoms with van der Waals surface area (Å²) in [5.41, 5.74) is 0. The Morgan fingerprint density at radius 3 is 1.81 bits per heavy atom. The second-order valence-electron chi connectivity index (χ2n) is 5.66. The van der Waals surface area contributed by atoms with Crippen molar-refractivity contribution in [2.24, 2.45) is 0 Å². The van der Waals surface area contributed by atoms with Crippen molar-refractivity contribution in [3.05, 3.63) is 12.7 Å². The average Bonchev–Trinajstić information content (AvgIpc) is 2.31. The third-order valence-corrected chi connectivity index (χ3v) is 13.2. The Kier molecular flexibility index (Phi) is 10.6. The molecule has 0 saturated carbocycles. The van der Waals surface area contributed by atoms with Gasteiger partial charge in [0, 0.05) is 12.1 Å². The van der Waals surface area contributed by atoms with Crippen LogP contribution in [-0.2, 0) is 21.9 Å². The second-order valence-corrected chi connectivity index (χ2v) is 16.6. The van der Waals surface area contributed by atoms with Crippen LogP contribution >= 0.6 is 0 Å². The van der Waals surface area contributed by atoms with Crippen molar-refractivity contribution in [3.8, 4) is 0 Å². The molecule has 0 aliphatic rings. The fourth-order valence-corrected chi connectivity index (χ4v) is 14.6. The van der Waals surface area contributed by atoms with Gasteiger partial charge in [-0.05, 0) is 45.7 Å². The van der Waals surface area contributed by atoms with Gasteiger partial charge < -0.3 is 17.1 Å². The Balaban J connectivity index is -0.000000667. The van der Waals surface area contributed by atoms with Gasteiger partial charge in [0.1, 0.15) is 0 Å². The largest absolute Gasteiger partial charge is 1.00 e. The van der Waals surface area contributed by atoms with Gasteiger partial charge in [0.05, 0.1) is 6.61 Å². The Labute approximate surface area is 139 Å². The first kappa shape index (κ1) is 21.0. The van der Waals surface area contributed by atoms with Crippen LogP contribution in [0.25, 0.3) is 0 Å². The molecule has 5 nitrogen and oxygen atoms in total. The Hall–Kier alpha value is -0.0425. The fourth-order valence-electron chi connectivity index (χ4n) is 1.86. The molecule has 0 fully saturated rings. The molecule has 0 aromatic carbocycles. The van der Waals surface area contributed by atoms with Crippen LogP contribution in [-0.4, -0.2) is 48.5 Å². The zero-order valence-electron chi connectivity index (χ0n) is 17.2. The average molecular weight is 370 g/mol. The lowest BCUT2D eigenvalue weighted by Gasteiger charge is -2.35. The molecule has 0 radical (unpaired) electrons. The highest BCUT2D eigenvalue weighted by atomic mass is 28.5. The minimum absolute atomic E-state index is 0. The second kappa shape index (κ2) is 10.6. The quantitative estimate of drug-likeness (QED) is 0.242. The maximum atomic E-state index is 11.1. The van der Waals surface area contributed by atoms with Crippen molar-refractivity contribution >= 4 is 41.9 Å². The van der Waals surface area contributed by atoms with Gasteiger partial charge >= 0.3 is 19.1 Å². The third kappa shape index (κ3) is 10.3. The summed E-state index contributed by atoms with van der Waals surface area (Å²) in [6.45, 7) is 16.5. The van der Waals surface area contributed by atoms with Gasteiger partial charge in [0.2, 0.25) is 0 Å². The van der Waals surface area contributed by atoms with Crippen LogP contribution in [0.2, 0.25) is 45.3 Å². The molecule has 0 spiro atoms. The van der Waals surface area contributed by atoms with E-state index in [1.54, 1.807) is 0 Å². The zero-order valence-corrected chi connectivity index (χ0v) is 18.6. The van der Waals surface area contributed by atoms with Crippen molar-refractivity contribution in [1.29, 1.82) is 0 Å². The van der Waals surface area contributed by atoms with E-state index in [0.717, 1.165) is 6.04 Å². The molecule has 0 aliphatic heterocycles. The number of rotatable bonds is 11. The highest BCUT2D eigenvalue weighted by Gasteiger charge is 2.42. The van der Waals surface area contributed by atoms with E-state index in [-0.39, 0.29) is 10.2 Å². The number of carbonyl (C=O) groups is 1. The van der Waals surface area contributed by atoms with E-state index >= 15 is 0 Å². The summed E-state index contributed by atoms with van der Waals surface area (Å²) in [5.74, 6) is -0.389. The summed E-state index contributed by atoms with van der Waals surface area (Å²) >= 11 is 0. The summed E-state index contributed by atoms with van der Waals surface area (Å²) in [6.07, 6.45) is 1.88. The molecule has 0 aliphatic carbocycles. The molecule has 0 heterocycles. The van der Waals surface area contributed by atoms with Gasteiger partial charge in [-0.3, -0.25) is 0 Å². The van der Waals surface area contributed by atoms with E-state index in [0.29, 0.717) is 13.0 Å². The lowest BCUT2D eigenvalue weighted by atomic mass is 10.5. The topological polar surface area (TPSA) is 54.0 Å². The van der Waals surface area contributed by atoms with Crippen LogP contribution in [0.15, 0.2) is 12.7 Å². The molecule has 0 aromatic rings. The van der Waals surface area contributed by atoms with E-state index < -0.39 is 35.9 Å². The molecule has 9 heteroatoms. The van der Waals surface area contributed by atoms with E-state index in [1.165, 1.54) is 6.08 Å². The molecular formula is C12H33O5Si4+3. The van der Waals surface area contributed by atoms with Crippen molar-refractivity contribution < 1.29 is 26.2 Å². The molecule has 0 amide bonds. The van der Waals surface area contributed by atoms with Crippen LogP contribution < -0.4 is 0 Å². The lowest BCUT2D eigenvalue weighted by molar-refractivity contribution is -0.137. The summed E-state index contributed by atoms with van der Waals surface area (Å²) in [6, 6.07) is 0.721. The standard InChI is InChI=1S/C12H30O5Si4/c1-8-12(13)14-10-9-11-21(15-18(2)3,16-19(4)5)17-20(6)7/h8,18-20H,1,9-11H2,2-7H3/p+3. The number of hydrogen-bond donors (Lipinski definition) is 0. The van der Waals surface area contributed by atoms with Crippen LogP contribution in [0, 0.1) is 0 Å². The SMILES string of the molecule is C=CC(=O)OCCC[Si](O[SiH](C)C)(O[SiH](C)C)O[SiH](C)C.[H+].[H+].[H+]. The molecule has 0 saturated heterocycles. The van der Waals surface area contributed by atoms with E-state index in [9.17, 15) is 4.79 Å². The Morgan fingerprint density at radius 2 is 1.48 bits per heavy atom. The van der Waals surface area contributed by atoms with Crippen LogP contribution in [0.1, 0.15) is 10.7 Å². The molecule has 0 N–H and O–H groups in total. The first-order valence-electron chi connectivity index (χ1n) is 7.53. The minimum Gasteiger partial charge on any atom is -0.463 e. The van der Waals surface area contributed by atoms with Gasteiger partial charge in [-0.1, -0.05) is 6.58 Å². The van der Waals surface area contributed by atoms with Crippen molar-refractivity contribution in [2.75, 3.05) is 6.61 Å². The van der Waals surface area contributed by atoms with E-state index in [2.05, 4.69) is 45.9 Å². The maximum absolute atomic E-state index is 11.1. The highest BCUT2D eigenvalue weighted by molar-refractivity contribution is 6.79. The molecule has 0 atom stereocenters.